The van der Waals surface area contributed by atoms with Gasteiger partial charge >= 0.3 is 0 Å². The Kier molecular flexibility index (Phi) is 6.15. The molecule has 0 fully saturated rings. The Morgan fingerprint density at radius 1 is 1.23 bits per heavy atom. The number of ether oxygens (including phenoxy) is 4. The lowest BCUT2D eigenvalue weighted by atomic mass is 10.2. The fourth-order valence-corrected chi connectivity index (χ4v) is 4.19. The molecule has 0 saturated heterocycles. The second-order valence-corrected chi connectivity index (χ2v) is 7.47. The van der Waals surface area contributed by atoms with Crippen molar-refractivity contribution < 1.29 is 23.7 Å². The summed E-state index contributed by atoms with van der Waals surface area (Å²) in [4.78, 5) is 17.5. The summed E-state index contributed by atoms with van der Waals surface area (Å²) in [5.41, 5.74) is 1.83. The highest BCUT2D eigenvalue weighted by Crippen LogP contribution is 2.32. The van der Waals surface area contributed by atoms with Crippen LogP contribution in [0.2, 0.25) is 0 Å². The topological polar surface area (TPSA) is 71.3 Å². The molecule has 1 aliphatic rings. The molecule has 7 nitrogen and oxygen atoms in total. The van der Waals surface area contributed by atoms with E-state index in [1.54, 1.807) is 13.2 Å². The summed E-state index contributed by atoms with van der Waals surface area (Å²) in [6, 6.07) is 11.3. The van der Waals surface area contributed by atoms with E-state index in [9.17, 15) is 4.79 Å². The number of fused-ring (bicyclic) bond motifs is 2. The zero-order valence-electron chi connectivity index (χ0n) is 16.8. The monoisotopic (exact) mass is 426 g/mol. The summed E-state index contributed by atoms with van der Waals surface area (Å²) < 4.78 is 24.5. The van der Waals surface area contributed by atoms with Crippen LogP contribution in [0.15, 0.2) is 47.5 Å². The molecule has 0 unspecified atom stereocenters. The van der Waals surface area contributed by atoms with Gasteiger partial charge in [-0.1, -0.05) is 17.4 Å². The van der Waals surface area contributed by atoms with E-state index in [1.165, 1.54) is 17.4 Å². The number of rotatable bonds is 7. The molecule has 2 aromatic carbocycles. The lowest BCUT2D eigenvalue weighted by molar-refractivity contribution is -0.113. The first kappa shape index (κ1) is 20.2. The number of hydrogen-bond donors (Lipinski definition) is 0. The molecule has 1 amide bonds. The average molecular weight is 426 g/mol. The van der Waals surface area contributed by atoms with Gasteiger partial charge in [0.15, 0.2) is 16.3 Å². The van der Waals surface area contributed by atoms with E-state index in [4.69, 9.17) is 18.9 Å². The summed E-state index contributed by atoms with van der Waals surface area (Å²) >= 11 is 1.45. The fourth-order valence-electron chi connectivity index (χ4n) is 3.10. The van der Waals surface area contributed by atoms with Crippen LogP contribution in [0.25, 0.3) is 16.3 Å². The highest BCUT2D eigenvalue weighted by molar-refractivity contribution is 7.16. The normalized spacial score (nSPS) is 13.5. The molecule has 8 heteroatoms. The highest BCUT2D eigenvalue weighted by atomic mass is 32.1. The summed E-state index contributed by atoms with van der Waals surface area (Å²) in [5, 5.41) is 0. The second kappa shape index (κ2) is 9.15. The highest BCUT2D eigenvalue weighted by Gasteiger charge is 2.12. The van der Waals surface area contributed by atoms with E-state index in [0.29, 0.717) is 36.1 Å². The maximum absolute atomic E-state index is 12.5. The third-order valence-corrected chi connectivity index (χ3v) is 5.62. The predicted octanol–water partition coefficient (Wildman–Crippen LogP) is 3.62. The van der Waals surface area contributed by atoms with Gasteiger partial charge in [0.1, 0.15) is 5.75 Å². The van der Waals surface area contributed by atoms with Gasteiger partial charge < -0.3 is 23.5 Å². The van der Waals surface area contributed by atoms with E-state index in [1.807, 2.05) is 47.9 Å². The van der Waals surface area contributed by atoms with Crippen molar-refractivity contribution in [2.24, 2.45) is 4.99 Å². The van der Waals surface area contributed by atoms with Crippen LogP contribution in [-0.4, -0.2) is 37.6 Å². The molecule has 3 aromatic rings. The van der Waals surface area contributed by atoms with Gasteiger partial charge in [0.2, 0.25) is 6.79 Å². The molecule has 0 saturated carbocycles. The summed E-state index contributed by atoms with van der Waals surface area (Å²) in [5.74, 6) is 1.81. The number of carbonyl (C=O) groups is 1. The van der Waals surface area contributed by atoms with Crippen molar-refractivity contribution in [1.29, 1.82) is 0 Å². The summed E-state index contributed by atoms with van der Waals surface area (Å²) in [6.45, 7) is 3.97. The number of methoxy groups -OCH3 is 1. The van der Waals surface area contributed by atoms with Crippen molar-refractivity contribution in [2.75, 3.05) is 27.1 Å². The van der Waals surface area contributed by atoms with E-state index in [0.717, 1.165) is 21.5 Å². The SMILES string of the molecule is CCOCCn1c(=NC(=O)C=Cc2ccc3c(c2)OCO3)sc2cc(OC)ccc21. The smallest absolute Gasteiger partial charge is 0.272 e. The first-order valence-electron chi connectivity index (χ1n) is 9.59. The van der Waals surface area contributed by atoms with Crippen molar-refractivity contribution >= 4 is 33.5 Å². The first-order chi connectivity index (χ1) is 14.7. The van der Waals surface area contributed by atoms with Crippen LogP contribution < -0.4 is 19.0 Å². The Hall–Kier alpha value is -3.10. The Morgan fingerprint density at radius 2 is 2.10 bits per heavy atom. The molecule has 0 atom stereocenters. The van der Waals surface area contributed by atoms with Gasteiger partial charge in [-0.3, -0.25) is 4.79 Å². The van der Waals surface area contributed by atoms with Crippen LogP contribution in [-0.2, 0) is 16.1 Å². The molecule has 2 heterocycles. The standard InChI is InChI=1S/C22H22N2O5S/c1-3-27-11-10-24-17-7-6-16(26-2)13-20(17)30-22(24)23-21(25)9-5-15-4-8-18-19(12-15)29-14-28-18/h4-9,12-13H,3,10-11,14H2,1-2H3. The van der Waals surface area contributed by atoms with Crippen LogP contribution in [0.4, 0.5) is 0 Å². The van der Waals surface area contributed by atoms with Crippen LogP contribution in [0.3, 0.4) is 0 Å². The van der Waals surface area contributed by atoms with Crippen LogP contribution >= 0.6 is 11.3 Å². The van der Waals surface area contributed by atoms with Gasteiger partial charge in [0, 0.05) is 19.2 Å². The molecule has 0 N–H and O–H groups in total. The van der Waals surface area contributed by atoms with Gasteiger partial charge in [-0.05, 0) is 48.9 Å². The minimum absolute atomic E-state index is 0.217. The largest absolute Gasteiger partial charge is 0.497 e. The van der Waals surface area contributed by atoms with Gasteiger partial charge in [-0.25, -0.2) is 0 Å². The lowest BCUT2D eigenvalue weighted by Gasteiger charge is -2.05. The number of hydrogen-bond acceptors (Lipinski definition) is 6. The first-order valence-corrected chi connectivity index (χ1v) is 10.4. The minimum atomic E-state index is -0.337. The second-order valence-electron chi connectivity index (χ2n) is 6.46. The maximum atomic E-state index is 12.5. The number of benzene rings is 2. The molecule has 4 rings (SSSR count). The van der Waals surface area contributed by atoms with Gasteiger partial charge in [-0.15, -0.1) is 0 Å². The average Bonchev–Trinajstić information content (AvgIpc) is 3.36. The number of aromatic nitrogens is 1. The fraction of sp³-hybridized carbons (Fsp3) is 0.273. The molecular formula is C22H22N2O5S. The van der Waals surface area contributed by atoms with Crippen LogP contribution in [0.5, 0.6) is 17.2 Å². The number of carbonyl (C=O) groups excluding carboxylic acids is 1. The van der Waals surface area contributed by atoms with Gasteiger partial charge in [-0.2, -0.15) is 4.99 Å². The Labute approximate surface area is 177 Å². The molecule has 30 heavy (non-hydrogen) atoms. The summed E-state index contributed by atoms with van der Waals surface area (Å²) in [6.07, 6.45) is 3.17. The van der Waals surface area contributed by atoms with Crippen molar-refractivity contribution in [3.8, 4) is 17.2 Å². The van der Waals surface area contributed by atoms with Crippen molar-refractivity contribution in [3.63, 3.8) is 0 Å². The number of thiazole rings is 1. The third kappa shape index (κ3) is 4.39. The zero-order valence-corrected chi connectivity index (χ0v) is 17.6. The van der Waals surface area contributed by atoms with Gasteiger partial charge in [0.25, 0.3) is 5.91 Å². The molecule has 0 aliphatic carbocycles. The van der Waals surface area contributed by atoms with Crippen molar-refractivity contribution in [1.82, 2.24) is 4.57 Å². The zero-order chi connectivity index (χ0) is 20.9. The summed E-state index contributed by atoms with van der Waals surface area (Å²) in [7, 11) is 1.63. The molecule has 0 spiro atoms. The van der Waals surface area contributed by atoms with E-state index in [2.05, 4.69) is 4.99 Å². The molecular weight excluding hydrogens is 404 g/mol. The predicted molar refractivity (Wildman–Crippen MR) is 115 cm³/mol. The number of nitrogens with zero attached hydrogens (tertiary/aromatic N) is 2. The molecule has 1 aromatic heterocycles. The van der Waals surface area contributed by atoms with Crippen molar-refractivity contribution in [2.45, 2.75) is 13.5 Å². The quantitative estimate of drug-likeness (QED) is 0.426. The van der Waals surface area contributed by atoms with Crippen LogP contribution in [0.1, 0.15) is 12.5 Å². The Balaban J connectivity index is 1.62. The van der Waals surface area contributed by atoms with E-state index < -0.39 is 0 Å². The Bertz CT molecular complexity index is 1160. The molecule has 0 radical (unpaired) electrons. The van der Waals surface area contributed by atoms with E-state index >= 15 is 0 Å². The molecule has 0 bridgehead atoms. The van der Waals surface area contributed by atoms with E-state index in [-0.39, 0.29) is 12.7 Å². The van der Waals surface area contributed by atoms with Crippen molar-refractivity contribution in [3.05, 3.63) is 52.8 Å². The van der Waals surface area contributed by atoms with Gasteiger partial charge in [0.05, 0.1) is 23.9 Å². The third-order valence-electron chi connectivity index (χ3n) is 4.57. The lowest BCUT2D eigenvalue weighted by Crippen LogP contribution is -2.19. The molecule has 156 valence electrons. The number of amides is 1. The molecule has 1 aliphatic heterocycles. The maximum Gasteiger partial charge on any atom is 0.272 e. The minimum Gasteiger partial charge on any atom is -0.497 e. The van der Waals surface area contributed by atoms with Crippen LogP contribution in [0, 0.1) is 0 Å². The Morgan fingerprint density at radius 3 is 2.93 bits per heavy atom.